The molecule has 0 aliphatic heterocycles. The number of hydrogen-bond acceptors (Lipinski definition) is 2. The Kier molecular flexibility index (Phi) is 5.26. The second-order valence-electron chi connectivity index (χ2n) is 4.02. The van der Waals surface area contributed by atoms with E-state index < -0.39 is 0 Å². The summed E-state index contributed by atoms with van der Waals surface area (Å²) in [4.78, 5) is 0. The van der Waals surface area contributed by atoms with Crippen LogP contribution in [0.5, 0.6) is 0 Å². The van der Waals surface area contributed by atoms with Crippen molar-refractivity contribution in [2.45, 2.75) is 26.7 Å². The zero-order valence-corrected chi connectivity index (χ0v) is 9.93. The largest absolute Gasteiger partial charge is 0.305 e. The lowest BCUT2D eigenvalue weighted by atomic mass is 10.1. The van der Waals surface area contributed by atoms with E-state index in [-0.39, 0.29) is 0 Å². The third-order valence-electron chi connectivity index (χ3n) is 2.39. The Morgan fingerprint density at radius 1 is 1.31 bits per heavy atom. The highest BCUT2D eigenvalue weighted by Crippen LogP contribution is 2.13. The normalized spacial score (nSPS) is 12.6. The first kappa shape index (κ1) is 12.4. The van der Waals surface area contributed by atoms with Crippen LogP contribution in [0, 0.1) is 5.92 Å². The SMILES string of the molecule is CC(C)/C(=C/CCc1ccccc1)N=NN. The molecule has 1 aromatic carbocycles. The van der Waals surface area contributed by atoms with E-state index in [9.17, 15) is 0 Å². The van der Waals surface area contributed by atoms with Crippen molar-refractivity contribution in [3.63, 3.8) is 0 Å². The second-order valence-corrected chi connectivity index (χ2v) is 4.02. The second kappa shape index (κ2) is 6.77. The number of allylic oxidation sites excluding steroid dienone is 2. The molecule has 0 spiro atoms. The molecule has 0 aliphatic carbocycles. The highest BCUT2D eigenvalue weighted by Gasteiger charge is 2.00. The van der Waals surface area contributed by atoms with Crippen molar-refractivity contribution in [2.24, 2.45) is 22.1 Å². The first-order valence-corrected chi connectivity index (χ1v) is 5.59. The topological polar surface area (TPSA) is 50.7 Å². The molecule has 0 unspecified atom stereocenters. The van der Waals surface area contributed by atoms with Crippen molar-refractivity contribution in [1.82, 2.24) is 0 Å². The van der Waals surface area contributed by atoms with E-state index in [1.165, 1.54) is 5.56 Å². The summed E-state index contributed by atoms with van der Waals surface area (Å²) in [5.74, 6) is 5.43. The van der Waals surface area contributed by atoms with E-state index in [1.54, 1.807) is 0 Å². The summed E-state index contributed by atoms with van der Waals surface area (Å²) in [6.45, 7) is 4.17. The van der Waals surface area contributed by atoms with Gasteiger partial charge in [-0.1, -0.05) is 55.5 Å². The van der Waals surface area contributed by atoms with Crippen LogP contribution in [0.2, 0.25) is 0 Å². The number of rotatable bonds is 5. The summed E-state index contributed by atoms with van der Waals surface area (Å²) in [7, 11) is 0. The van der Waals surface area contributed by atoms with Crippen LogP contribution in [0.15, 0.2) is 52.4 Å². The van der Waals surface area contributed by atoms with E-state index in [1.807, 2.05) is 6.07 Å². The third-order valence-corrected chi connectivity index (χ3v) is 2.39. The molecule has 3 heteroatoms. The molecular formula is C13H19N3. The molecule has 0 atom stereocenters. The fourth-order valence-electron chi connectivity index (χ4n) is 1.49. The fourth-order valence-corrected chi connectivity index (χ4v) is 1.49. The van der Waals surface area contributed by atoms with Gasteiger partial charge in [-0.15, -0.1) is 5.11 Å². The zero-order valence-electron chi connectivity index (χ0n) is 9.93. The molecule has 0 saturated carbocycles. The Morgan fingerprint density at radius 3 is 2.56 bits per heavy atom. The maximum Gasteiger partial charge on any atom is 0.0633 e. The van der Waals surface area contributed by atoms with Crippen LogP contribution in [-0.4, -0.2) is 0 Å². The molecule has 0 radical (unpaired) electrons. The molecule has 0 bridgehead atoms. The first-order chi connectivity index (χ1) is 7.74. The lowest BCUT2D eigenvalue weighted by molar-refractivity contribution is 0.723. The monoisotopic (exact) mass is 217 g/mol. The van der Waals surface area contributed by atoms with Gasteiger partial charge in [-0.25, -0.2) is 0 Å². The Labute approximate surface area is 97.1 Å². The van der Waals surface area contributed by atoms with Gasteiger partial charge in [-0.05, 0) is 24.3 Å². The summed E-state index contributed by atoms with van der Waals surface area (Å²) in [6.07, 6.45) is 4.10. The molecule has 0 aliphatic rings. The average molecular weight is 217 g/mol. The van der Waals surface area contributed by atoms with Gasteiger partial charge in [-0.2, -0.15) is 0 Å². The molecular weight excluding hydrogens is 198 g/mol. The molecule has 3 nitrogen and oxygen atoms in total. The maximum atomic E-state index is 5.07. The Bertz CT molecular complexity index is 353. The average Bonchev–Trinajstić information content (AvgIpc) is 2.29. The van der Waals surface area contributed by atoms with E-state index in [4.69, 9.17) is 5.84 Å². The van der Waals surface area contributed by atoms with Crippen molar-refractivity contribution >= 4 is 0 Å². The van der Waals surface area contributed by atoms with Gasteiger partial charge >= 0.3 is 0 Å². The van der Waals surface area contributed by atoms with Gasteiger partial charge in [0.1, 0.15) is 0 Å². The highest BCUT2D eigenvalue weighted by atomic mass is 15.3. The Balaban J connectivity index is 2.52. The molecule has 0 fully saturated rings. The predicted molar refractivity (Wildman–Crippen MR) is 66.7 cm³/mol. The van der Waals surface area contributed by atoms with Crippen molar-refractivity contribution in [3.05, 3.63) is 47.7 Å². The van der Waals surface area contributed by atoms with Gasteiger partial charge in [0.25, 0.3) is 0 Å². The molecule has 16 heavy (non-hydrogen) atoms. The van der Waals surface area contributed by atoms with Crippen LogP contribution in [0.25, 0.3) is 0 Å². The molecule has 0 heterocycles. The predicted octanol–water partition coefficient (Wildman–Crippen LogP) is 3.49. The number of nitrogens with two attached hydrogens (primary N) is 1. The lowest BCUT2D eigenvalue weighted by Gasteiger charge is -2.04. The summed E-state index contributed by atoms with van der Waals surface area (Å²) in [5.41, 5.74) is 2.30. The van der Waals surface area contributed by atoms with Crippen LogP contribution < -0.4 is 5.84 Å². The van der Waals surface area contributed by atoms with Crippen LogP contribution in [0.4, 0.5) is 0 Å². The van der Waals surface area contributed by atoms with E-state index >= 15 is 0 Å². The summed E-state index contributed by atoms with van der Waals surface area (Å²) in [5, 5.41) is 7.26. The molecule has 0 aromatic heterocycles. The van der Waals surface area contributed by atoms with Gasteiger partial charge in [0.2, 0.25) is 0 Å². The quantitative estimate of drug-likeness (QED) is 0.458. The molecule has 0 amide bonds. The van der Waals surface area contributed by atoms with Gasteiger partial charge < -0.3 is 5.84 Å². The fraction of sp³-hybridized carbons (Fsp3) is 0.385. The standard InChI is InChI=1S/C13H19N3/c1-11(2)13(15-16-14)10-6-9-12-7-4-3-5-8-12/h3-5,7-8,10-11H,6,9H2,1-2H3,(H2,14,15)/b13-10-. The summed E-state index contributed by atoms with van der Waals surface area (Å²) in [6, 6.07) is 10.4. The third kappa shape index (κ3) is 4.26. The van der Waals surface area contributed by atoms with Crippen molar-refractivity contribution in [3.8, 4) is 0 Å². The summed E-state index contributed by atoms with van der Waals surface area (Å²) < 4.78 is 0. The minimum absolute atomic E-state index is 0.364. The molecule has 86 valence electrons. The van der Waals surface area contributed by atoms with Crippen molar-refractivity contribution in [1.29, 1.82) is 0 Å². The van der Waals surface area contributed by atoms with E-state index in [0.717, 1.165) is 18.5 Å². The minimum Gasteiger partial charge on any atom is -0.305 e. The minimum atomic E-state index is 0.364. The molecule has 1 aromatic rings. The molecule has 0 saturated heterocycles. The Hall–Kier alpha value is -1.64. The summed E-state index contributed by atoms with van der Waals surface area (Å²) >= 11 is 0. The number of aryl methyl sites for hydroxylation is 1. The number of hydrogen-bond donors (Lipinski definition) is 1. The first-order valence-electron chi connectivity index (χ1n) is 5.59. The molecule has 2 N–H and O–H groups in total. The van der Waals surface area contributed by atoms with Crippen LogP contribution >= 0.6 is 0 Å². The van der Waals surface area contributed by atoms with Crippen molar-refractivity contribution in [2.75, 3.05) is 0 Å². The van der Waals surface area contributed by atoms with Gasteiger partial charge in [-0.3, -0.25) is 0 Å². The lowest BCUT2D eigenvalue weighted by Crippen LogP contribution is -1.92. The van der Waals surface area contributed by atoms with Crippen LogP contribution in [-0.2, 0) is 6.42 Å². The van der Waals surface area contributed by atoms with E-state index in [0.29, 0.717) is 5.92 Å². The van der Waals surface area contributed by atoms with Crippen molar-refractivity contribution < 1.29 is 0 Å². The van der Waals surface area contributed by atoms with Gasteiger partial charge in [0.15, 0.2) is 0 Å². The highest BCUT2D eigenvalue weighted by molar-refractivity contribution is 5.15. The number of benzene rings is 1. The smallest absolute Gasteiger partial charge is 0.0633 e. The molecule has 1 rings (SSSR count). The van der Waals surface area contributed by atoms with Crippen LogP contribution in [0.3, 0.4) is 0 Å². The maximum absolute atomic E-state index is 5.07. The zero-order chi connectivity index (χ0) is 11.8. The Morgan fingerprint density at radius 2 is 2.00 bits per heavy atom. The van der Waals surface area contributed by atoms with Gasteiger partial charge in [0.05, 0.1) is 5.70 Å². The van der Waals surface area contributed by atoms with Crippen LogP contribution in [0.1, 0.15) is 25.8 Å². The van der Waals surface area contributed by atoms with Gasteiger partial charge in [0, 0.05) is 0 Å². The van der Waals surface area contributed by atoms with E-state index in [2.05, 4.69) is 54.5 Å². The number of nitrogens with zero attached hydrogens (tertiary/aromatic N) is 2.